The predicted molar refractivity (Wildman–Crippen MR) is 92.8 cm³/mol. The molecule has 1 fully saturated rings. The number of aliphatic carboxylic acids is 1. The molecule has 0 bridgehead atoms. The Morgan fingerprint density at radius 2 is 1.84 bits per heavy atom. The lowest BCUT2D eigenvalue weighted by Crippen LogP contribution is -2.42. The molecule has 1 aliphatic heterocycles. The van der Waals surface area contributed by atoms with E-state index in [0.717, 1.165) is 19.3 Å². The molecule has 0 radical (unpaired) electrons. The molecule has 0 spiro atoms. The van der Waals surface area contributed by atoms with Crippen LogP contribution in [0.1, 0.15) is 49.4 Å². The lowest BCUT2D eigenvalue weighted by atomic mass is 10.1. The van der Waals surface area contributed by atoms with E-state index in [1.54, 1.807) is 12.1 Å². The summed E-state index contributed by atoms with van der Waals surface area (Å²) in [4.78, 5) is 23.7. The molecule has 0 aromatic heterocycles. The van der Waals surface area contributed by atoms with E-state index in [1.807, 2.05) is 6.92 Å². The molecule has 1 heterocycles. The van der Waals surface area contributed by atoms with Crippen LogP contribution in [0.4, 0.5) is 0 Å². The van der Waals surface area contributed by atoms with Gasteiger partial charge in [-0.3, -0.25) is 4.79 Å². The summed E-state index contributed by atoms with van der Waals surface area (Å²) in [6, 6.07) is 4.91. The normalized spacial score (nSPS) is 17.0. The second-order valence-corrected chi connectivity index (χ2v) is 8.02. The summed E-state index contributed by atoms with van der Waals surface area (Å²) < 4.78 is 27.2. The minimum atomic E-state index is -3.78. The van der Waals surface area contributed by atoms with Gasteiger partial charge in [0.1, 0.15) is 6.04 Å². The van der Waals surface area contributed by atoms with Crippen molar-refractivity contribution in [1.29, 1.82) is 0 Å². The minimum absolute atomic E-state index is 0.0181. The quantitative estimate of drug-likeness (QED) is 0.764. The van der Waals surface area contributed by atoms with E-state index in [2.05, 4.69) is 5.32 Å². The van der Waals surface area contributed by atoms with Gasteiger partial charge in [-0.2, -0.15) is 4.31 Å². The van der Waals surface area contributed by atoms with Crippen molar-refractivity contribution in [3.63, 3.8) is 0 Å². The van der Waals surface area contributed by atoms with Crippen molar-refractivity contribution in [1.82, 2.24) is 9.62 Å². The monoisotopic (exact) mass is 368 g/mol. The number of carboxylic acids is 1. The topological polar surface area (TPSA) is 104 Å². The Balaban J connectivity index is 2.30. The summed E-state index contributed by atoms with van der Waals surface area (Å²) in [6.45, 7) is 2.69. The fourth-order valence-corrected chi connectivity index (χ4v) is 4.61. The Morgan fingerprint density at radius 3 is 2.44 bits per heavy atom. The Hall–Kier alpha value is -1.93. The summed E-state index contributed by atoms with van der Waals surface area (Å²) >= 11 is 0. The lowest BCUT2D eigenvalue weighted by molar-refractivity contribution is -0.139. The number of carbonyl (C=O) groups excluding carboxylic acids is 1. The van der Waals surface area contributed by atoms with Crippen molar-refractivity contribution in [2.75, 3.05) is 13.1 Å². The fourth-order valence-electron chi connectivity index (χ4n) is 2.91. The Labute approximate surface area is 148 Å². The maximum atomic E-state index is 12.9. The smallest absolute Gasteiger partial charge is 0.326 e. The van der Waals surface area contributed by atoms with Crippen molar-refractivity contribution in [2.45, 2.75) is 50.0 Å². The number of amides is 1. The largest absolute Gasteiger partial charge is 0.480 e. The molecule has 0 aliphatic carbocycles. The van der Waals surface area contributed by atoms with Crippen LogP contribution in [0.2, 0.25) is 0 Å². The molecular weight excluding hydrogens is 344 g/mol. The van der Waals surface area contributed by atoms with Gasteiger partial charge in [-0.1, -0.05) is 31.9 Å². The molecule has 2 N–H and O–H groups in total. The zero-order chi connectivity index (χ0) is 18.4. The van der Waals surface area contributed by atoms with Gasteiger partial charge in [0.25, 0.3) is 5.91 Å². The van der Waals surface area contributed by atoms with Gasteiger partial charge >= 0.3 is 5.97 Å². The minimum Gasteiger partial charge on any atom is -0.480 e. The number of sulfonamides is 1. The number of nitrogens with one attached hydrogen (secondary N) is 1. The number of hydrogen-bond donors (Lipinski definition) is 2. The van der Waals surface area contributed by atoms with Gasteiger partial charge < -0.3 is 10.4 Å². The molecule has 1 atom stereocenters. The molecule has 0 saturated carbocycles. The summed E-state index contributed by atoms with van der Waals surface area (Å²) in [7, 11) is -3.78. The number of carbonyl (C=O) groups is 2. The van der Waals surface area contributed by atoms with Gasteiger partial charge in [0.2, 0.25) is 10.0 Å². The molecule has 1 saturated heterocycles. The van der Waals surface area contributed by atoms with E-state index in [-0.39, 0.29) is 16.9 Å². The van der Waals surface area contributed by atoms with E-state index < -0.39 is 27.9 Å². The molecule has 8 heteroatoms. The second-order valence-electron chi connectivity index (χ2n) is 6.11. The number of nitrogens with zero attached hydrogens (tertiary/aromatic N) is 1. The first-order valence-electron chi connectivity index (χ1n) is 8.50. The fraction of sp³-hybridized carbons (Fsp3) is 0.529. The van der Waals surface area contributed by atoms with Gasteiger partial charge in [0, 0.05) is 13.1 Å². The highest BCUT2D eigenvalue weighted by atomic mass is 32.2. The van der Waals surface area contributed by atoms with Gasteiger partial charge in [-0.05, 0) is 31.4 Å². The first-order chi connectivity index (χ1) is 11.9. The van der Waals surface area contributed by atoms with Crippen LogP contribution in [-0.2, 0) is 14.8 Å². The number of piperidine rings is 1. The molecule has 2 rings (SSSR count). The van der Waals surface area contributed by atoms with Crippen LogP contribution < -0.4 is 5.32 Å². The summed E-state index contributed by atoms with van der Waals surface area (Å²) in [5, 5.41) is 11.6. The Bertz CT molecular complexity index is 726. The molecule has 1 aliphatic rings. The van der Waals surface area contributed by atoms with Gasteiger partial charge in [0.15, 0.2) is 0 Å². The van der Waals surface area contributed by atoms with Crippen LogP contribution in [0.15, 0.2) is 29.2 Å². The number of rotatable bonds is 7. The van der Waals surface area contributed by atoms with Crippen LogP contribution in [0.3, 0.4) is 0 Å². The molecule has 1 aromatic rings. The number of hydrogen-bond acceptors (Lipinski definition) is 4. The van der Waals surface area contributed by atoms with E-state index in [9.17, 15) is 23.1 Å². The Morgan fingerprint density at radius 1 is 1.20 bits per heavy atom. The number of benzene rings is 1. The molecule has 1 amide bonds. The molecule has 138 valence electrons. The van der Waals surface area contributed by atoms with Crippen LogP contribution in [0, 0.1) is 0 Å². The molecule has 1 unspecified atom stereocenters. The van der Waals surface area contributed by atoms with Crippen LogP contribution in [-0.4, -0.2) is 48.8 Å². The van der Waals surface area contributed by atoms with Crippen LogP contribution in [0.25, 0.3) is 0 Å². The lowest BCUT2D eigenvalue weighted by Gasteiger charge is -2.26. The highest BCUT2D eigenvalue weighted by Gasteiger charge is 2.30. The third-order valence-electron chi connectivity index (χ3n) is 4.25. The summed E-state index contributed by atoms with van der Waals surface area (Å²) in [5.41, 5.74) is -0.0181. The van der Waals surface area contributed by atoms with Crippen LogP contribution >= 0.6 is 0 Å². The highest BCUT2D eigenvalue weighted by molar-refractivity contribution is 7.89. The first kappa shape index (κ1) is 19.4. The number of carboxylic acid groups (broad SMARTS) is 1. The molecule has 7 nitrogen and oxygen atoms in total. The van der Waals surface area contributed by atoms with Crippen molar-refractivity contribution < 1.29 is 23.1 Å². The predicted octanol–water partition coefficient (Wildman–Crippen LogP) is 1.84. The third-order valence-corrected chi connectivity index (χ3v) is 6.20. The van der Waals surface area contributed by atoms with Crippen LogP contribution in [0.5, 0.6) is 0 Å². The van der Waals surface area contributed by atoms with E-state index in [0.29, 0.717) is 19.5 Å². The zero-order valence-corrected chi connectivity index (χ0v) is 15.1. The standard InChI is InChI=1S/C17H24N2O5S/c1-2-8-14(17(21)22)18-16(20)13-9-4-5-10-15(13)25(23,24)19-11-6-3-7-12-19/h4-5,9-10,14H,2-3,6-8,11-12H2,1H3,(H,18,20)(H,21,22). The average Bonchev–Trinajstić information content (AvgIpc) is 2.62. The van der Waals surface area contributed by atoms with E-state index in [1.165, 1.54) is 16.4 Å². The van der Waals surface area contributed by atoms with E-state index in [4.69, 9.17) is 0 Å². The van der Waals surface area contributed by atoms with Crippen molar-refractivity contribution in [2.24, 2.45) is 0 Å². The van der Waals surface area contributed by atoms with Crippen molar-refractivity contribution >= 4 is 21.9 Å². The Kier molecular flexibility index (Phi) is 6.55. The van der Waals surface area contributed by atoms with Gasteiger partial charge in [-0.25, -0.2) is 13.2 Å². The van der Waals surface area contributed by atoms with Crippen molar-refractivity contribution in [3.8, 4) is 0 Å². The van der Waals surface area contributed by atoms with E-state index >= 15 is 0 Å². The summed E-state index contributed by atoms with van der Waals surface area (Å²) in [5.74, 6) is -1.82. The maximum absolute atomic E-state index is 12.9. The van der Waals surface area contributed by atoms with Gasteiger partial charge in [-0.15, -0.1) is 0 Å². The first-order valence-corrected chi connectivity index (χ1v) is 9.94. The summed E-state index contributed by atoms with van der Waals surface area (Å²) in [6.07, 6.45) is 3.45. The molecular formula is C17H24N2O5S. The third kappa shape index (κ3) is 4.58. The van der Waals surface area contributed by atoms with Gasteiger partial charge in [0.05, 0.1) is 10.5 Å². The zero-order valence-electron chi connectivity index (χ0n) is 14.3. The second kappa shape index (κ2) is 8.44. The molecule has 1 aromatic carbocycles. The van der Waals surface area contributed by atoms with Crippen molar-refractivity contribution in [3.05, 3.63) is 29.8 Å². The molecule has 25 heavy (non-hydrogen) atoms. The average molecular weight is 368 g/mol. The SMILES string of the molecule is CCCC(NC(=O)c1ccccc1S(=O)(=O)N1CCCCC1)C(=O)O. The highest BCUT2D eigenvalue weighted by Crippen LogP contribution is 2.23. The maximum Gasteiger partial charge on any atom is 0.326 e.